The van der Waals surface area contributed by atoms with Crippen molar-refractivity contribution in [3.63, 3.8) is 0 Å². The first kappa shape index (κ1) is 21.1. The maximum Gasteiger partial charge on any atom is 0.320 e. The van der Waals surface area contributed by atoms with Crippen molar-refractivity contribution in [1.29, 1.82) is 0 Å². The maximum atomic E-state index is 10.8. The van der Waals surface area contributed by atoms with Gasteiger partial charge in [-0.25, -0.2) is 9.97 Å². The van der Waals surface area contributed by atoms with Crippen molar-refractivity contribution in [3.05, 3.63) is 54.7 Å². The van der Waals surface area contributed by atoms with E-state index in [0.717, 1.165) is 11.1 Å². The number of rotatable bonds is 9. The van der Waals surface area contributed by atoms with E-state index in [4.69, 9.17) is 15.6 Å². The number of nitrogens with two attached hydrogens (primary N) is 1. The standard InChI is InChI=1S/C22H24N4O4/c1-30-15-9-10-16(19(27)12-15)20-17(14-6-3-2-4-7-14)13-25-22(26-20)24-11-5-8-18(23)21(28)29/h2-4,6-7,9-10,12-13,18,27H,5,8,11,23H2,1H3,(H,28,29)(H,24,25,26). The predicted molar refractivity (Wildman–Crippen MR) is 114 cm³/mol. The highest BCUT2D eigenvalue weighted by Crippen LogP contribution is 2.37. The van der Waals surface area contributed by atoms with E-state index in [2.05, 4.69) is 15.3 Å². The van der Waals surface area contributed by atoms with Crippen LogP contribution in [0.2, 0.25) is 0 Å². The average molecular weight is 408 g/mol. The molecule has 5 N–H and O–H groups in total. The number of phenols is 1. The highest BCUT2D eigenvalue weighted by Gasteiger charge is 2.16. The molecule has 0 aliphatic carbocycles. The summed E-state index contributed by atoms with van der Waals surface area (Å²) in [5.74, 6) is -0.0529. The number of methoxy groups -OCH3 is 1. The molecule has 3 rings (SSSR count). The van der Waals surface area contributed by atoms with Crippen molar-refractivity contribution >= 4 is 11.9 Å². The lowest BCUT2D eigenvalue weighted by atomic mass is 10.00. The number of carboxylic acids is 1. The van der Waals surface area contributed by atoms with Gasteiger partial charge in [-0.2, -0.15) is 0 Å². The summed E-state index contributed by atoms with van der Waals surface area (Å²) in [6, 6.07) is 13.8. The van der Waals surface area contributed by atoms with E-state index in [0.29, 0.717) is 42.3 Å². The van der Waals surface area contributed by atoms with Crippen LogP contribution >= 0.6 is 0 Å². The predicted octanol–water partition coefficient (Wildman–Crippen LogP) is 3.13. The Morgan fingerprint density at radius 2 is 1.97 bits per heavy atom. The molecule has 0 bridgehead atoms. The van der Waals surface area contributed by atoms with Crippen molar-refractivity contribution in [3.8, 4) is 33.9 Å². The minimum atomic E-state index is -1.02. The van der Waals surface area contributed by atoms with Crippen LogP contribution in [0.25, 0.3) is 22.4 Å². The van der Waals surface area contributed by atoms with Crippen LogP contribution in [-0.2, 0) is 4.79 Å². The number of aliphatic carboxylic acids is 1. The molecule has 0 aliphatic heterocycles. The first-order valence-corrected chi connectivity index (χ1v) is 9.51. The number of hydrogen-bond donors (Lipinski definition) is 4. The fourth-order valence-electron chi connectivity index (χ4n) is 2.99. The van der Waals surface area contributed by atoms with Crippen LogP contribution in [0.3, 0.4) is 0 Å². The third kappa shape index (κ3) is 5.03. The lowest BCUT2D eigenvalue weighted by Crippen LogP contribution is -2.30. The van der Waals surface area contributed by atoms with Gasteiger partial charge in [0.2, 0.25) is 5.95 Å². The Labute approximate surface area is 174 Å². The zero-order valence-electron chi connectivity index (χ0n) is 16.6. The summed E-state index contributed by atoms with van der Waals surface area (Å²) < 4.78 is 5.17. The fraction of sp³-hybridized carbons (Fsp3) is 0.227. The van der Waals surface area contributed by atoms with E-state index in [-0.39, 0.29) is 5.75 Å². The van der Waals surface area contributed by atoms with Gasteiger partial charge >= 0.3 is 5.97 Å². The molecule has 1 aromatic heterocycles. The van der Waals surface area contributed by atoms with Crippen molar-refractivity contribution < 1.29 is 19.7 Å². The molecule has 156 valence electrons. The average Bonchev–Trinajstić information content (AvgIpc) is 2.76. The summed E-state index contributed by atoms with van der Waals surface area (Å²) in [7, 11) is 1.53. The molecule has 30 heavy (non-hydrogen) atoms. The van der Waals surface area contributed by atoms with Crippen molar-refractivity contribution in [1.82, 2.24) is 9.97 Å². The molecular weight excluding hydrogens is 384 g/mol. The third-order valence-corrected chi connectivity index (χ3v) is 4.63. The molecule has 2 aromatic carbocycles. The molecule has 0 saturated carbocycles. The molecule has 0 saturated heterocycles. The molecule has 8 heteroatoms. The number of carboxylic acid groups (broad SMARTS) is 1. The smallest absolute Gasteiger partial charge is 0.320 e. The second-order valence-corrected chi connectivity index (χ2v) is 6.72. The summed E-state index contributed by atoms with van der Waals surface area (Å²) in [6.07, 6.45) is 2.60. The van der Waals surface area contributed by atoms with Gasteiger partial charge in [0.05, 0.1) is 12.8 Å². The van der Waals surface area contributed by atoms with Gasteiger partial charge in [0.1, 0.15) is 17.5 Å². The molecule has 1 heterocycles. The molecular formula is C22H24N4O4. The maximum absolute atomic E-state index is 10.8. The van der Waals surface area contributed by atoms with Crippen molar-refractivity contribution in [2.75, 3.05) is 19.0 Å². The van der Waals surface area contributed by atoms with Crippen molar-refractivity contribution in [2.24, 2.45) is 5.73 Å². The van der Waals surface area contributed by atoms with E-state index in [1.807, 2.05) is 30.3 Å². The lowest BCUT2D eigenvalue weighted by Gasteiger charge is -2.14. The number of ether oxygens (including phenoxy) is 1. The number of benzene rings is 2. The van der Waals surface area contributed by atoms with Crippen LogP contribution < -0.4 is 15.8 Å². The van der Waals surface area contributed by atoms with Gasteiger partial charge in [-0.1, -0.05) is 30.3 Å². The third-order valence-electron chi connectivity index (χ3n) is 4.63. The van der Waals surface area contributed by atoms with Crippen LogP contribution in [0, 0.1) is 0 Å². The van der Waals surface area contributed by atoms with Crippen LogP contribution in [0.15, 0.2) is 54.7 Å². The fourth-order valence-corrected chi connectivity index (χ4v) is 2.99. The van der Waals surface area contributed by atoms with Crippen LogP contribution in [0.4, 0.5) is 5.95 Å². The highest BCUT2D eigenvalue weighted by molar-refractivity contribution is 5.83. The minimum absolute atomic E-state index is 0.0450. The molecule has 0 spiro atoms. The minimum Gasteiger partial charge on any atom is -0.507 e. The molecule has 8 nitrogen and oxygen atoms in total. The quantitative estimate of drug-likeness (QED) is 0.397. The first-order valence-electron chi connectivity index (χ1n) is 9.51. The number of nitrogens with zero attached hydrogens (tertiary/aromatic N) is 2. The van der Waals surface area contributed by atoms with Crippen molar-refractivity contribution in [2.45, 2.75) is 18.9 Å². The Kier molecular flexibility index (Phi) is 6.82. The van der Waals surface area contributed by atoms with Gasteiger partial charge in [0.15, 0.2) is 0 Å². The van der Waals surface area contributed by atoms with Crippen LogP contribution in [0.1, 0.15) is 12.8 Å². The number of nitrogens with one attached hydrogen (secondary N) is 1. The summed E-state index contributed by atoms with van der Waals surface area (Å²) in [5.41, 5.74) is 8.33. The van der Waals surface area contributed by atoms with Gasteiger partial charge in [-0.15, -0.1) is 0 Å². The largest absolute Gasteiger partial charge is 0.507 e. The Balaban J connectivity index is 1.89. The van der Waals surface area contributed by atoms with Gasteiger partial charge < -0.3 is 26.0 Å². The van der Waals surface area contributed by atoms with E-state index < -0.39 is 12.0 Å². The molecule has 0 fully saturated rings. The molecule has 0 amide bonds. The molecule has 0 radical (unpaired) electrons. The summed E-state index contributed by atoms with van der Waals surface area (Å²) in [4.78, 5) is 19.8. The normalized spacial score (nSPS) is 11.7. The SMILES string of the molecule is COc1ccc(-c2nc(NCCCC(N)C(=O)O)ncc2-c2ccccc2)c(O)c1. The molecule has 0 aliphatic rings. The summed E-state index contributed by atoms with van der Waals surface area (Å²) in [5, 5.41) is 22.5. The zero-order valence-corrected chi connectivity index (χ0v) is 16.6. The Morgan fingerprint density at radius 1 is 1.20 bits per heavy atom. The number of aromatic nitrogens is 2. The first-order chi connectivity index (χ1) is 14.5. The van der Waals surface area contributed by atoms with Gasteiger partial charge in [0.25, 0.3) is 0 Å². The van der Waals surface area contributed by atoms with Crippen LogP contribution in [-0.4, -0.2) is 45.8 Å². The topological polar surface area (TPSA) is 131 Å². The highest BCUT2D eigenvalue weighted by atomic mass is 16.5. The van der Waals surface area contributed by atoms with Gasteiger partial charge in [-0.05, 0) is 30.5 Å². The second-order valence-electron chi connectivity index (χ2n) is 6.72. The van der Waals surface area contributed by atoms with E-state index in [9.17, 15) is 9.90 Å². The van der Waals surface area contributed by atoms with E-state index in [1.54, 1.807) is 18.3 Å². The van der Waals surface area contributed by atoms with Gasteiger partial charge in [-0.3, -0.25) is 4.79 Å². The Hall–Kier alpha value is -3.65. The van der Waals surface area contributed by atoms with Gasteiger partial charge in [0, 0.05) is 29.9 Å². The molecule has 1 unspecified atom stereocenters. The summed E-state index contributed by atoms with van der Waals surface area (Å²) in [6.45, 7) is 0.472. The lowest BCUT2D eigenvalue weighted by molar-refractivity contribution is -0.138. The van der Waals surface area contributed by atoms with E-state index in [1.165, 1.54) is 13.2 Å². The van der Waals surface area contributed by atoms with Crippen LogP contribution in [0.5, 0.6) is 11.5 Å². The zero-order chi connectivity index (χ0) is 21.5. The number of anilines is 1. The summed E-state index contributed by atoms with van der Waals surface area (Å²) >= 11 is 0. The molecule has 3 aromatic rings. The van der Waals surface area contributed by atoms with E-state index >= 15 is 0 Å². The monoisotopic (exact) mass is 408 g/mol. The Morgan fingerprint density at radius 3 is 2.63 bits per heavy atom. The second kappa shape index (κ2) is 9.71. The number of aromatic hydroxyl groups is 1. The number of phenolic OH excluding ortho intramolecular Hbond substituents is 1. The number of carbonyl (C=O) groups is 1. The Bertz CT molecular complexity index is 1010. The molecule has 1 atom stereocenters. The number of hydrogen-bond acceptors (Lipinski definition) is 7.